The first-order valence-electron chi connectivity index (χ1n) is 4.04. The van der Waals surface area contributed by atoms with Gasteiger partial charge in [0.15, 0.2) is 0 Å². The summed E-state index contributed by atoms with van der Waals surface area (Å²) < 4.78 is 0. The van der Waals surface area contributed by atoms with Gasteiger partial charge in [0.05, 0.1) is 0 Å². The van der Waals surface area contributed by atoms with E-state index in [0.29, 0.717) is 5.92 Å². The Bertz CT molecular complexity index is 101. The third-order valence-electron chi connectivity index (χ3n) is 2.34. The Kier molecular flexibility index (Phi) is 3.62. The molecule has 0 N–H and O–H groups in total. The second-order valence-corrected chi connectivity index (χ2v) is 3.45. The van der Waals surface area contributed by atoms with Crippen molar-refractivity contribution in [3.8, 4) is 0 Å². The minimum Gasteiger partial charge on any atom is -0.303 e. The molecule has 0 aliphatic carbocycles. The smallest absolute Gasteiger partial charge is 0.125 e. The summed E-state index contributed by atoms with van der Waals surface area (Å²) in [5.41, 5.74) is -0.122. The fourth-order valence-electron chi connectivity index (χ4n) is 1.44. The van der Waals surface area contributed by atoms with Crippen LogP contribution in [0.5, 0.6) is 0 Å². The molecule has 0 rings (SSSR count). The van der Waals surface area contributed by atoms with Gasteiger partial charge in [0.25, 0.3) is 0 Å². The molecular weight excluding hydrogens is 124 g/mol. The molecule has 0 aliphatic rings. The van der Waals surface area contributed by atoms with Crippen LogP contribution in [0.2, 0.25) is 0 Å². The largest absolute Gasteiger partial charge is 0.303 e. The van der Waals surface area contributed by atoms with Crippen LogP contribution in [0, 0.1) is 11.3 Å². The molecule has 0 aromatic carbocycles. The highest BCUT2D eigenvalue weighted by molar-refractivity contribution is 5.58. The van der Waals surface area contributed by atoms with Crippen LogP contribution in [0.25, 0.3) is 0 Å². The first-order valence-corrected chi connectivity index (χ1v) is 4.04. The van der Waals surface area contributed by atoms with E-state index in [4.69, 9.17) is 0 Å². The number of rotatable bonds is 4. The van der Waals surface area contributed by atoms with Gasteiger partial charge in [-0.25, -0.2) is 0 Å². The standard InChI is InChI=1S/C9H18O/c1-5-8(6-2)9(3,4)7-10/h7-8H,5-6H2,1-4H3. The van der Waals surface area contributed by atoms with Gasteiger partial charge >= 0.3 is 0 Å². The van der Waals surface area contributed by atoms with Crippen molar-refractivity contribution in [3.63, 3.8) is 0 Å². The van der Waals surface area contributed by atoms with Crippen molar-refractivity contribution in [2.45, 2.75) is 40.5 Å². The zero-order chi connectivity index (χ0) is 8.20. The van der Waals surface area contributed by atoms with Crippen molar-refractivity contribution in [1.82, 2.24) is 0 Å². The van der Waals surface area contributed by atoms with Gasteiger partial charge in [-0.1, -0.05) is 40.5 Å². The van der Waals surface area contributed by atoms with Crippen molar-refractivity contribution in [3.05, 3.63) is 0 Å². The molecule has 0 fully saturated rings. The lowest BCUT2D eigenvalue weighted by Crippen LogP contribution is -2.24. The molecule has 60 valence electrons. The number of carbonyl (C=O) groups excluding carboxylic acids is 1. The fourth-order valence-corrected chi connectivity index (χ4v) is 1.44. The van der Waals surface area contributed by atoms with E-state index in [2.05, 4.69) is 13.8 Å². The van der Waals surface area contributed by atoms with E-state index in [0.717, 1.165) is 19.1 Å². The van der Waals surface area contributed by atoms with Crippen LogP contribution in [-0.2, 0) is 4.79 Å². The highest BCUT2D eigenvalue weighted by Gasteiger charge is 2.25. The monoisotopic (exact) mass is 142 g/mol. The highest BCUT2D eigenvalue weighted by atomic mass is 16.1. The summed E-state index contributed by atoms with van der Waals surface area (Å²) in [4.78, 5) is 10.6. The molecule has 0 saturated heterocycles. The summed E-state index contributed by atoms with van der Waals surface area (Å²) in [6, 6.07) is 0. The van der Waals surface area contributed by atoms with Gasteiger partial charge in [-0.15, -0.1) is 0 Å². The SMILES string of the molecule is CCC(CC)C(C)(C)C=O. The van der Waals surface area contributed by atoms with E-state index in [9.17, 15) is 4.79 Å². The molecule has 0 aliphatic heterocycles. The Labute approximate surface area is 63.8 Å². The van der Waals surface area contributed by atoms with Crippen molar-refractivity contribution < 1.29 is 4.79 Å². The first-order chi connectivity index (χ1) is 4.58. The van der Waals surface area contributed by atoms with E-state index in [1.807, 2.05) is 13.8 Å². The van der Waals surface area contributed by atoms with Gasteiger partial charge in [-0.3, -0.25) is 0 Å². The predicted octanol–water partition coefficient (Wildman–Crippen LogP) is 2.65. The number of hydrogen-bond acceptors (Lipinski definition) is 1. The van der Waals surface area contributed by atoms with E-state index in [-0.39, 0.29) is 5.41 Å². The van der Waals surface area contributed by atoms with Crippen LogP contribution in [-0.4, -0.2) is 6.29 Å². The molecule has 0 bridgehead atoms. The van der Waals surface area contributed by atoms with Crippen LogP contribution in [0.15, 0.2) is 0 Å². The molecule has 10 heavy (non-hydrogen) atoms. The van der Waals surface area contributed by atoms with Gasteiger partial charge in [0, 0.05) is 5.41 Å². The molecule has 0 aromatic rings. The normalized spacial score (nSPS) is 12.1. The summed E-state index contributed by atoms with van der Waals surface area (Å²) in [5.74, 6) is 0.546. The minimum absolute atomic E-state index is 0.122. The summed E-state index contributed by atoms with van der Waals surface area (Å²) in [6.07, 6.45) is 3.27. The topological polar surface area (TPSA) is 17.1 Å². The Hall–Kier alpha value is -0.330. The van der Waals surface area contributed by atoms with Gasteiger partial charge < -0.3 is 4.79 Å². The van der Waals surface area contributed by atoms with Gasteiger partial charge in [-0.2, -0.15) is 0 Å². The third-order valence-corrected chi connectivity index (χ3v) is 2.34. The lowest BCUT2D eigenvalue weighted by Gasteiger charge is -2.26. The molecule has 0 unspecified atom stereocenters. The Morgan fingerprint density at radius 1 is 1.30 bits per heavy atom. The minimum atomic E-state index is -0.122. The molecule has 0 saturated carbocycles. The lowest BCUT2D eigenvalue weighted by molar-refractivity contribution is -0.117. The molecule has 0 radical (unpaired) electrons. The summed E-state index contributed by atoms with van der Waals surface area (Å²) in [7, 11) is 0. The second-order valence-electron chi connectivity index (χ2n) is 3.45. The summed E-state index contributed by atoms with van der Waals surface area (Å²) in [6.45, 7) is 8.30. The van der Waals surface area contributed by atoms with Crippen LogP contribution in [0.4, 0.5) is 0 Å². The molecule has 0 spiro atoms. The van der Waals surface area contributed by atoms with Crippen LogP contribution in [0.3, 0.4) is 0 Å². The molecule has 0 amide bonds. The zero-order valence-corrected chi connectivity index (χ0v) is 7.48. The molecule has 1 heteroatoms. The highest BCUT2D eigenvalue weighted by Crippen LogP contribution is 2.29. The zero-order valence-electron chi connectivity index (χ0n) is 7.48. The van der Waals surface area contributed by atoms with Crippen molar-refractivity contribution in [2.75, 3.05) is 0 Å². The third kappa shape index (κ3) is 2.13. The Morgan fingerprint density at radius 3 is 1.80 bits per heavy atom. The second kappa shape index (κ2) is 3.75. The van der Waals surface area contributed by atoms with Crippen LogP contribution in [0.1, 0.15) is 40.5 Å². The van der Waals surface area contributed by atoms with Crippen molar-refractivity contribution in [1.29, 1.82) is 0 Å². The lowest BCUT2D eigenvalue weighted by atomic mass is 9.77. The maximum atomic E-state index is 10.6. The van der Waals surface area contributed by atoms with Gasteiger partial charge in [0.2, 0.25) is 0 Å². The van der Waals surface area contributed by atoms with Crippen molar-refractivity contribution >= 4 is 6.29 Å². The fraction of sp³-hybridized carbons (Fsp3) is 0.889. The average molecular weight is 142 g/mol. The summed E-state index contributed by atoms with van der Waals surface area (Å²) >= 11 is 0. The predicted molar refractivity (Wildman–Crippen MR) is 43.9 cm³/mol. The summed E-state index contributed by atoms with van der Waals surface area (Å²) in [5, 5.41) is 0. The molecule has 0 aromatic heterocycles. The Balaban J connectivity index is 4.10. The van der Waals surface area contributed by atoms with E-state index >= 15 is 0 Å². The maximum absolute atomic E-state index is 10.6. The van der Waals surface area contributed by atoms with Gasteiger partial charge in [-0.05, 0) is 5.92 Å². The number of hydrogen-bond donors (Lipinski definition) is 0. The van der Waals surface area contributed by atoms with Crippen LogP contribution < -0.4 is 0 Å². The first kappa shape index (κ1) is 9.67. The quantitative estimate of drug-likeness (QED) is 0.551. The molecule has 0 heterocycles. The Morgan fingerprint density at radius 2 is 1.70 bits per heavy atom. The molecule has 0 atom stereocenters. The van der Waals surface area contributed by atoms with E-state index < -0.39 is 0 Å². The molecular formula is C9H18O. The van der Waals surface area contributed by atoms with Crippen molar-refractivity contribution in [2.24, 2.45) is 11.3 Å². The average Bonchev–Trinajstić information content (AvgIpc) is 1.90. The van der Waals surface area contributed by atoms with Crippen LogP contribution >= 0.6 is 0 Å². The number of aldehydes is 1. The van der Waals surface area contributed by atoms with E-state index in [1.165, 1.54) is 0 Å². The van der Waals surface area contributed by atoms with Gasteiger partial charge in [0.1, 0.15) is 6.29 Å². The maximum Gasteiger partial charge on any atom is 0.125 e. The number of carbonyl (C=O) groups is 1. The molecule has 1 nitrogen and oxygen atoms in total. The van der Waals surface area contributed by atoms with E-state index in [1.54, 1.807) is 0 Å².